The highest BCUT2D eigenvalue weighted by atomic mass is 28.4. The molecular formula is C37H46FN7O3Si. The Labute approximate surface area is 290 Å². The summed E-state index contributed by atoms with van der Waals surface area (Å²) in [5.41, 5.74) is 3.58. The molecule has 12 heteroatoms. The number of anilines is 3. The maximum absolute atomic E-state index is 13.6. The first-order valence-electron chi connectivity index (χ1n) is 16.6. The van der Waals surface area contributed by atoms with E-state index >= 15 is 0 Å². The number of hydrogen-bond donors (Lipinski definition) is 1. The van der Waals surface area contributed by atoms with Crippen LogP contribution in [0.2, 0.25) is 18.1 Å². The van der Waals surface area contributed by atoms with Crippen LogP contribution in [-0.4, -0.2) is 67.3 Å². The van der Waals surface area contributed by atoms with E-state index in [2.05, 4.69) is 63.2 Å². The Morgan fingerprint density at radius 1 is 1.10 bits per heavy atom. The summed E-state index contributed by atoms with van der Waals surface area (Å²) in [6.07, 6.45) is 0.295. The first-order chi connectivity index (χ1) is 22.8. The van der Waals surface area contributed by atoms with Gasteiger partial charge in [0.05, 0.1) is 28.6 Å². The molecule has 49 heavy (non-hydrogen) atoms. The number of nitrogens with zero attached hydrogens (tertiary/aromatic N) is 6. The standard InChI is InChI=1S/C37H46FN7O3Si/c1-35(2,3)48-34(46)45-22-37(7,23-47-49(8,9)36(4,5)6)29-16-26(15-27(18-40)32(29)45)30-12-13-41-33(42-30)43-31-14-24(17-39)10-11-25(31)19-44-20-28(38)21-44/h10-16,28H,19-23H2,1-9H3,(H,41,42,43)/t37-/m1/s1. The summed E-state index contributed by atoms with van der Waals surface area (Å²) in [6, 6.07) is 15.3. The quantitative estimate of drug-likeness (QED) is 0.236. The fraction of sp³-hybridized carbons (Fsp3) is 0.486. The van der Waals surface area contributed by atoms with Gasteiger partial charge in [-0.15, -0.1) is 0 Å². The van der Waals surface area contributed by atoms with Crippen molar-refractivity contribution in [3.63, 3.8) is 0 Å². The van der Waals surface area contributed by atoms with Gasteiger partial charge in [-0.3, -0.25) is 9.80 Å². The number of hydrogen-bond acceptors (Lipinski definition) is 9. The van der Waals surface area contributed by atoms with Crippen LogP contribution >= 0.6 is 0 Å². The van der Waals surface area contributed by atoms with Crippen LogP contribution in [0.15, 0.2) is 42.6 Å². The van der Waals surface area contributed by atoms with Crippen LogP contribution in [-0.2, 0) is 21.1 Å². The SMILES string of the molecule is CC(C)(C)OC(=O)N1C[C@](C)(CO[Si](C)(C)C(C)(C)C)c2cc(-c3ccnc(Nc4cc(C#N)ccc4CN4CC(F)C4)n3)cc(C#N)c21. The molecule has 1 aromatic heterocycles. The van der Waals surface area contributed by atoms with Crippen molar-refractivity contribution in [1.29, 1.82) is 10.5 Å². The number of fused-ring (bicyclic) bond motifs is 1. The van der Waals surface area contributed by atoms with Gasteiger partial charge in [0.2, 0.25) is 5.95 Å². The Morgan fingerprint density at radius 2 is 1.82 bits per heavy atom. The van der Waals surface area contributed by atoms with Gasteiger partial charge in [-0.1, -0.05) is 33.8 Å². The lowest BCUT2D eigenvalue weighted by molar-refractivity contribution is 0.0574. The van der Waals surface area contributed by atoms with Gasteiger partial charge in [-0.2, -0.15) is 10.5 Å². The smallest absolute Gasteiger partial charge is 0.414 e. The topological polar surface area (TPSA) is 127 Å². The predicted molar refractivity (Wildman–Crippen MR) is 191 cm³/mol. The molecule has 1 saturated heterocycles. The van der Waals surface area contributed by atoms with E-state index in [0.29, 0.717) is 72.5 Å². The highest BCUT2D eigenvalue weighted by Gasteiger charge is 2.47. The van der Waals surface area contributed by atoms with E-state index in [1.165, 1.54) is 0 Å². The number of nitriles is 2. The monoisotopic (exact) mass is 683 g/mol. The molecule has 10 nitrogen and oxygen atoms in total. The van der Waals surface area contributed by atoms with Crippen LogP contribution in [0.4, 0.5) is 26.5 Å². The van der Waals surface area contributed by atoms with Crippen LogP contribution in [0.3, 0.4) is 0 Å². The van der Waals surface area contributed by atoms with E-state index in [-0.39, 0.29) is 5.04 Å². The largest absolute Gasteiger partial charge is 0.443 e. The summed E-state index contributed by atoms with van der Waals surface area (Å²) < 4.78 is 26.1. The maximum atomic E-state index is 13.6. The first kappa shape index (κ1) is 35.9. The summed E-state index contributed by atoms with van der Waals surface area (Å²) in [4.78, 5) is 26.4. The number of nitrogens with one attached hydrogen (secondary N) is 1. The normalized spacial score (nSPS) is 18.3. The van der Waals surface area contributed by atoms with Crippen LogP contribution in [0.25, 0.3) is 11.3 Å². The van der Waals surface area contributed by atoms with Crippen LogP contribution in [0, 0.1) is 22.7 Å². The molecule has 1 amide bonds. The third kappa shape index (κ3) is 7.78. The molecule has 1 atom stereocenters. The van der Waals surface area contributed by atoms with Crippen molar-refractivity contribution in [3.05, 3.63) is 64.8 Å². The number of likely N-dealkylation sites (tertiary alicyclic amines) is 1. The third-order valence-electron chi connectivity index (χ3n) is 9.57. The Morgan fingerprint density at radius 3 is 2.43 bits per heavy atom. The molecule has 3 heterocycles. The van der Waals surface area contributed by atoms with Crippen LogP contribution in [0.5, 0.6) is 0 Å². The lowest BCUT2D eigenvalue weighted by atomic mass is 9.83. The molecule has 2 aliphatic heterocycles. The highest BCUT2D eigenvalue weighted by molar-refractivity contribution is 6.74. The lowest BCUT2D eigenvalue weighted by Gasteiger charge is -2.39. The molecule has 0 spiro atoms. The number of alkyl halides is 1. The van der Waals surface area contributed by atoms with Gasteiger partial charge in [0.1, 0.15) is 17.8 Å². The van der Waals surface area contributed by atoms with Gasteiger partial charge in [0.25, 0.3) is 0 Å². The second kappa shape index (κ2) is 13.2. The molecule has 1 N–H and O–H groups in total. The number of carbonyl (C=O) groups is 1. The van der Waals surface area contributed by atoms with Crippen molar-refractivity contribution < 1.29 is 18.3 Å². The summed E-state index contributed by atoms with van der Waals surface area (Å²) in [6.45, 7) is 20.4. The summed E-state index contributed by atoms with van der Waals surface area (Å²) >= 11 is 0. The fourth-order valence-corrected chi connectivity index (χ4v) is 6.87. The van der Waals surface area contributed by atoms with E-state index in [9.17, 15) is 19.7 Å². The van der Waals surface area contributed by atoms with E-state index < -0.39 is 31.6 Å². The van der Waals surface area contributed by atoms with Crippen LogP contribution in [0.1, 0.15) is 70.7 Å². The zero-order chi connectivity index (χ0) is 35.9. The Bertz CT molecular complexity index is 1830. The van der Waals surface area contributed by atoms with Gasteiger partial charge in [0, 0.05) is 55.6 Å². The van der Waals surface area contributed by atoms with E-state index in [0.717, 1.165) is 11.1 Å². The van der Waals surface area contributed by atoms with Gasteiger partial charge in [-0.05, 0) is 80.4 Å². The molecule has 0 aliphatic carbocycles. The molecule has 0 saturated carbocycles. The third-order valence-corrected chi connectivity index (χ3v) is 14.1. The lowest BCUT2D eigenvalue weighted by Crippen LogP contribution is -2.47. The van der Waals surface area contributed by atoms with E-state index in [1.807, 2.05) is 37.8 Å². The van der Waals surface area contributed by atoms with Crippen molar-refractivity contribution in [2.24, 2.45) is 0 Å². The first-order valence-corrected chi connectivity index (χ1v) is 19.5. The minimum atomic E-state index is -2.17. The molecule has 2 aromatic carbocycles. The van der Waals surface area contributed by atoms with E-state index in [1.54, 1.807) is 35.4 Å². The number of halogens is 1. The maximum Gasteiger partial charge on any atom is 0.414 e. The Hall–Kier alpha value is -4.36. The molecular weight excluding hydrogens is 638 g/mol. The highest BCUT2D eigenvalue weighted by Crippen LogP contribution is 2.47. The summed E-state index contributed by atoms with van der Waals surface area (Å²) in [5.74, 6) is 0.305. The molecule has 0 bridgehead atoms. The molecule has 0 radical (unpaired) electrons. The second-order valence-corrected chi connectivity index (χ2v) is 20.7. The zero-order valence-electron chi connectivity index (χ0n) is 29.9. The molecule has 1 fully saturated rings. The van der Waals surface area contributed by atoms with Crippen molar-refractivity contribution in [3.8, 4) is 23.4 Å². The van der Waals surface area contributed by atoms with Gasteiger partial charge in [-0.25, -0.2) is 19.2 Å². The number of carbonyl (C=O) groups excluding carboxylic acids is 1. The van der Waals surface area contributed by atoms with Crippen molar-refractivity contribution in [1.82, 2.24) is 14.9 Å². The zero-order valence-corrected chi connectivity index (χ0v) is 30.9. The average molecular weight is 684 g/mol. The number of ether oxygens (including phenoxy) is 1. The van der Waals surface area contributed by atoms with Crippen molar-refractivity contribution in [2.45, 2.75) is 90.3 Å². The van der Waals surface area contributed by atoms with Crippen molar-refractivity contribution >= 4 is 31.7 Å². The van der Waals surface area contributed by atoms with Crippen molar-refractivity contribution in [2.75, 3.05) is 36.5 Å². The van der Waals surface area contributed by atoms with E-state index in [4.69, 9.17) is 14.1 Å². The summed E-state index contributed by atoms with van der Waals surface area (Å²) in [5, 5.41) is 23.2. The number of amides is 1. The number of benzene rings is 2. The average Bonchev–Trinajstić information content (AvgIpc) is 3.31. The minimum absolute atomic E-state index is 0.0167. The van der Waals surface area contributed by atoms with Gasteiger partial charge >= 0.3 is 6.09 Å². The predicted octanol–water partition coefficient (Wildman–Crippen LogP) is 7.82. The Balaban J connectivity index is 1.54. The Kier molecular flexibility index (Phi) is 9.65. The molecule has 3 aromatic rings. The molecule has 2 aliphatic rings. The second-order valence-electron chi connectivity index (χ2n) is 15.9. The number of aromatic nitrogens is 2. The minimum Gasteiger partial charge on any atom is -0.443 e. The molecule has 258 valence electrons. The van der Waals surface area contributed by atoms with Gasteiger partial charge < -0.3 is 14.5 Å². The van der Waals surface area contributed by atoms with Gasteiger partial charge in [0.15, 0.2) is 8.32 Å². The molecule has 5 rings (SSSR count). The fourth-order valence-electron chi connectivity index (χ4n) is 5.76. The summed E-state index contributed by atoms with van der Waals surface area (Å²) in [7, 11) is -2.17. The molecule has 0 unspecified atom stereocenters. The van der Waals surface area contributed by atoms with Crippen LogP contribution < -0.4 is 10.2 Å². The number of rotatable bonds is 8.